The number of nitrogens with zero attached hydrogens (tertiary/aromatic N) is 1. The number of nitrogens with one attached hydrogen (secondary N) is 1. The quantitative estimate of drug-likeness (QED) is 0.804. The van der Waals surface area contributed by atoms with Crippen LogP contribution in [0.25, 0.3) is 0 Å². The fraction of sp³-hybridized carbons (Fsp3) is 0.692. The summed E-state index contributed by atoms with van der Waals surface area (Å²) in [6.07, 6.45) is 6.27. The maximum Gasteiger partial charge on any atom is 0.129 e. The smallest absolute Gasteiger partial charge is 0.129 e. The summed E-state index contributed by atoms with van der Waals surface area (Å²) in [7, 11) is 0. The molecular weight excluding hydrogens is 216 g/mol. The zero-order valence-corrected chi connectivity index (χ0v) is 10.9. The Morgan fingerprint density at radius 1 is 1.44 bits per heavy atom. The van der Waals surface area contributed by atoms with Crippen LogP contribution in [-0.2, 0) is 6.42 Å². The van der Waals surface area contributed by atoms with Gasteiger partial charge in [0, 0.05) is 11.6 Å². The van der Waals surface area contributed by atoms with Gasteiger partial charge in [-0.3, -0.25) is 0 Å². The van der Waals surface area contributed by atoms with E-state index in [4.69, 9.17) is 12.2 Å². The number of hydrogen-bond acceptors (Lipinski definition) is 2. The second-order valence-corrected chi connectivity index (χ2v) is 5.63. The summed E-state index contributed by atoms with van der Waals surface area (Å²) in [5.74, 6) is 2.40. The molecule has 0 radical (unpaired) electrons. The van der Waals surface area contributed by atoms with Crippen molar-refractivity contribution in [3.05, 3.63) is 22.2 Å². The Morgan fingerprint density at radius 2 is 2.12 bits per heavy atom. The Kier molecular flexibility index (Phi) is 3.74. The molecule has 0 atom stereocenters. The minimum atomic E-state index is 0.619. The molecule has 0 aliphatic heterocycles. The number of hydrogen-bond donors (Lipinski definition) is 1. The van der Waals surface area contributed by atoms with Crippen LogP contribution in [0.3, 0.4) is 0 Å². The first-order valence-corrected chi connectivity index (χ1v) is 6.66. The highest BCUT2D eigenvalue weighted by molar-refractivity contribution is 7.71. The normalized spacial score (nSPS) is 17.2. The first kappa shape index (κ1) is 11.8. The summed E-state index contributed by atoms with van der Waals surface area (Å²) in [4.78, 5) is 7.96. The molecule has 1 heterocycles. The van der Waals surface area contributed by atoms with Crippen molar-refractivity contribution in [2.24, 2.45) is 5.92 Å². The Bertz CT molecular complexity index is 403. The van der Waals surface area contributed by atoms with Gasteiger partial charge >= 0.3 is 0 Å². The van der Waals surface area contributed by atoms with Gasteiger partial charge in [-0.15, -0.1) is 0 Å². The molecule has 0 saturated heterocycles. The predicted molar refractivity (Wildman–Crippen MR) is 69.2 cm³/mol. The van der Waals surface area contributed by atoms with Crippen LogP contribution in [0, 0.1) is 10.6 Å². The average molecular weight is 236 g/mol. The monoisotopic (exact) mass is 236 g/mol. The van der Waals surface area contributed by atoms with E-state index in [2.05, 4.69) is 23.8 Å². The van der Waals surface area contributed by atoms with Crippen LogP contribution in [0.5, 0.6) is 0 Å². The minimum absolute atomic E-state index is 0.619. The van der Waals surface area contributed by atoms with E-state index in [1.807, 2.05) is 6.07 Å². The lowest BCUT2D eigenvalue weighted by Gasteiger charge is -2.12. The summed E-state index contributed by atoms with van der Waals surface area (Å²) in [6.45, 7) is 4.46. The maximum absolute atomic E-state index is 5.24. The van der Waals surface area contributed by atoms with Gasteiger partial charge in [0.2, 0.25) is 0 Å². The molecule has 1 aliphatic carbocycles. The molecule has 1 aliphatic rings. The van der Waals surface area contributed by atoms with Crippen LogP contribution in [0.15, 0.2) is 6.07 Å². The minimum Gasteiger partial charge on any atom is -0.347 e. The summed E-state index contributed by atoms with van der Waals surface area (Å²) in [5, 5.41) is 0. The molecule has 2 rings (SSSR count). The molecule has 0 amide bonds. The Labute approximate surface area is 103 Å². The van der Waals surface area contributed by atoms with E-state index in [9.17, 15) is 0 Å². The zero-order valence-electron chi connectivity index (χ0n) is 10.1. The maximum atomic E-state index is 5.24. The molecule has 16 heavy (non-hydrogen) atoms. The lowest BCUT2D eigenvalue weighted by molar-refractivity contribution is 0.612. The van der Waals surface area contributed by atoms with Gasteiger partial charge in [0.05, 0.1) is 0 Å². The number of H-pyrrole nitrogens is 1. The highest BCUT2D eigenvalue weighted by Crippen LogP contribution is 2.32. The van der Waals surface area contributed by atoms with Gasteiger partial charge in [-0.1, -0.05) is 38.9 Å². The van der Waals surface area contributed by atoms with Gasteiger partial charge in [0.1, 0.15) is 10.5 Å². The molecular formula is C13H20N2S. The van der Waals surface area contributed by atoms with Gasteiger partial charge in [-0.2, -0.15) is 0 Å². The van der Waals surface area contributed by atoms with Crippen molar-refractivity contribution in [1.82, 2.24) is 9.97 Å². The van der Waals surface area contributed by atoms with Crippen LogP contribution >= 0.6 is 12.2 Å². The van der Waals surface area contributed by atoms with E-state index in [0.29, 0.717) is 11.8 Å². The molecule has 0 bridgehead atoms. The van der Waals surface area contributed by atoms with Crippen molar-refractivity contribution < 1.29 is 0 Å². The van der Waals surface area contributed by atoms with E-state index in [-0.39, 0.29) is 0 Å². The van der Waals surface area contributed by atoms with Gasteiger partial charge < -0.3 is 4.98 Å². The summed E-state index contributed by atoms with van der Waals surface area (Å²) in [6, 6.07) is 2.01. The largest absolute Gasteiger partial charge is 0.347 e. The molecule has 1 aromatic heterocycles. The van der Waals surface area contributed by atoms with E-state index in [1.54, 1.807) is 0 Å². The van der Waals surface area contributed by atoms with E-state index >= 15 is 0 Å². The number of rotatable bonds is 3. The molecule has 0 unspecified atom stereocenters. The van der Waals surface area contributed by atoms with Crippen LogP contribution in [-0.4, -0.2) is 9.97 Å². The van der Waals surface area contributed by atoms with Crippen molar-refractivity contribution in [2.45, 2.75) is 51.9 Å². The SMILES string of the molecule is CC(C)Cc1cc(=S)nc(C2CCCC2)[nH]1. The number of aromatic nitrogens is 2. The third-order valence-corrected chi connectivity index (χ3v) is 3.40. The van der Waals surface area contributed by atoms with Crippen molar-refractivity contribution >= 4 is 12.2 Å². The second kappa shape index (κ2) is 5.09. The molecule has 1 aromatic rings. The van der Waals surface area contributed by atoms with Crippen molar-refractivity contribution in [2.75, 3.05) is 0 Å². The highest BCUT2D eigenvalue weighted by Gasteiger charge is 2.19. The number of aromatic amines is 1. The standard InChI is InChI=1S/C13H20N2S/c1-9(2)7-11-8-12(16)15-13(14-11)10-5-3-4-6-10/h8-10H,3-7H2,1-2H3,(H,14,15,16). The van der Waals surface area contributed by atoms with E-state index < -0.39 is 0 Å². The highest BCUT2D eigenvalue weighted by atomic mass is 32.1. The fourth-order valence-corrected chi connectivity index (χ4v) is 2.71. The van der Waals surface area contributed by atoms with Crippen LogP contribution in [0.4, 0.5) is 0 Å². The molecule has 1 fully saturated rings. The molecule has 0 spiro atoms. The Morgan fingerprint density at radius 3 is 2.75 bits per heavy atom. The first-order chi connectivity index (χ1) is 7.65. The molecule has 0 aromatic carbocycles. The van der Waals surface area contributed by atoms with Crippen LogP contribution < -0.4 is 0 Å². The molecule has 2 nitrogen and oxygen atoms in total. The lowest BCUT2D eigenvalue weighted by atomic mass is 10.1. The average Bonchev–Trinajstić information content (AvgIpc) is 2.67. The third kappa shape index (κ3) is 2.91. The topological polar surface area (TPSA) is 28.7 Å². The molecule has 3 heteroatoms. The van der Waals surface area contributed by atoms with Gasteiger partial charge in [-0.05, 0) is 31.2 Å². The zero-order chi connectivity index (χ0) is 11.5. The van der Waals surface area contributed by atoms with E-state index in [1.165, 1.54) is 31.4 Å². The first-order valence-electron chi connectivity index (χ1n) is 6.25. The van der Waals surface area contributed by atoms with Crippen LogP contribution in [0.1, 0.15) is 57.0 Å². The molecule has 1 saturated carbocycles. The molecule has 88 valence electrons. The van der Waals surface area contributed by atoms with Gasteiger partial charge in [0.15, 0.2) is 0 Å². The summed E-state index contributed by atoms with van der Waals surface area (Å²) >= 11 is 5.24. The fourth-order valence-electron chi connectivity index (χ4n) is 2.47. The van der Waals surface area contributed by atoms with Crippen molar-refractivity contribution in [3.63, 3.8) is 0 Å². The third-order valence-electron chi connectivity index (χ3n) is 3.19. The predicted octanol–water partition coefficient (Wildman–Crippen LogP) is 4.00. The van der Waals surface area contributed by atoms with E-state index in [0.717, 1.165) is 16.9 Å². The van der Waals surface area contributed by atoms with Gasteiger partial charge in [0.25, 0.3) is 0 Å². The van der Waals surface area contributed by atoms with Gasteiger partial charge in [-0.25, -0.2) is 4.98 Å². The summed E-state index contributed by atoms with van der Waals surface area (Å²) in [5.41, 5.74) is 1.25. The second-order valence-electron chi connectivity index (χ2n) is 5.21. The molecule has 1 N–H and O–H groups in total. The van der Waals surface area contributed by atoms with Crippen molar-refractivity contribution in [1.29, 1.82) is 0 Å². The summed E-state index contributed by atoms with van der Waals surface area (Å²) < 4.78 is 0.747. The Hall–Kier alpha value is -0.700. The van der Waals surface area contributed by atoms with Crippen molar-refractivity contribution in [3.8, 4) is 0 Å². The van der Waals surface area contributed by atoms with Crippen LogP contribution in [0.2, 0.25) is 0 Å². The Balaban J connectivity index is 2.24. The lowest BCUT2D eigenvalue weighted by Crippen LogP contribution is -2.06.